The molecule has 3 heteroatoms. The van der Waals surface area contributed by atoms with Crippen LogP contribution >= 0.6 is 0 Å². The molecule has 0 aromatic heterocycles. The molecule has 0 saturated carbocycles. The molecule has 1 heterocycles. The Labute approximate surface area is 143 Å². The smallest absolute Gasteiger partial charge is 0.223 e. The lowest BCUT2D eigenvalue weighted by Crippen LogP contribution is -2.37. The number of carbonyl (C=O) groups is 1. The van der Waals surface area contributed by atoms with Crippen LogP contribution in [0, 0.1) is 5.92 Å². The minimum Gasteiger partial charge on any atom is -0.386 e. The van der Waals surface area contributed by atoms with Crippen LogP contribution in [0.2, 0.25) is 0 Å². The Morgan fingerprint density at radius 1 is 0.958 bits per heavy atom. The molecule has 3 atom stereocenters. The molecule has 0 radical (unpaired) electrons. The number of likely N-dealkylation sites (tertiary alicyclic amines) is 1. The summed E-state index contributed by atoms with van der Waals surface area (Å²) in [6.07, 6.45) is 1.74. The van der Waals surface area contributed by atoms with E-state index in [2.05, 4.69) is 6.92 Å². The molecule has 1 N–H and O–H groups in total. The Balaban J connectivity index is 1.97. The fourth-order valence-corrected chi connectivity index (χ4v) is 3.45. The van der Waals surface area contributed by atoms with Gasteiger partial charge in [-0.15, -0.1) is 0 Å². The van der Waals surface area contributed by atoms with Crippen molar-refractivity contribution in [3.8, 4) is 0 Å². The van der Waals surface area contributed by atoms with E-state index in [9.17, 15) is 9.90 Å². The van der Waals surface area contributed by atoms with Crippen molar-refractivity contribution < 1.29 is 9.90 Å². The van der Waals surface area contributed by atoms with E-state index >= 15 is 0 Å². The number of aliphatic hydroxyl groups excluding tert-OH is 1. The zero-order valence-electron chi connectivity index (χ0n) is 14.1. The van der Waals surface area contributed by atoms with Gasteiger partial charge in [0.15, 0.2) is 0 Å². The Kier molecular flexibility index (Phi) is 5.31. The highest BCUT2D eigenvalue weighted by molar-refractivity contribution is 5.77. The number of amides is 1. The van der Waals surface area contributed by atoms with E-state index in [1.807, 2.05) is 65.6 Å². The summed E-state index contributed by atoms with van der Waals surface area (Å²) in [5, 5.41) is 11.1. The zero-order valence-corrected chi connectivity index (χ0v) is 14.1. The molecule has 1 fully saturated rings. The molecule has 3 rings (SSSR count). The van der Waals surface area contributed by atoms with Crippen molar-refractivity contribution in [3.05, 3.63) is 71.8 Å². The monoisotopic (exact) mass is 323 g/mol. The average Bonchev–Trinajstić information content (AvgIpc) is 2.79. The number of nitrogens with zero attached hydrogens (tertiary/aromatic N) is 1. The highest BCUT2D eigenvalue weighted by Crippen LogP contribution is 2.36. The molecule has 1 amide bonds. The number of carbonyl (C=O) groups excluding carboxylic acids is 1. The lowest BCUT2D eigenvalue weighted by atomic mass is 9.94. The maximum atomic E-state index is 12.7. The first-order valence-corrected chi connectivity index (χ1v) is 8.74. The van der Waals surface area contributed by atoms with Gasteiger partial charge in [-0.05, 0) is 29.9 Å². The van der Waals surface area contributed by atoms with Crippen molar-refractivity contribution in [2.75, 3.05) is 6.54 Å². The van der Waals surface area contributed by atoms with E-state index in [4.69, 9.17) is 0 Å². The number of benzene rings is 2. The van der Waals surface area contributed by atoms with Crippen LogP contribution in [0.4, 0.5) is 0 Å². The van der Waals surface area contributed by atoms with Crippen LogP contribution in [0.1, 0.15) is 49.5 Å². The first-order chi connectivity index (χ1) is 11.7. The van der Waals surface area contributed by atoms with Crippen LogP contribution in [0.15, 0.2) is 60.7 Å². The SMILES string of the molecule is C[C@@H]1CCC(=O)N([C@H](c2ccccc2)[C@@H](O)c2ccccc2)CC1. The summed E-state index contributed by atoms with van der Waals surface area (Å²) in [5.74, 6) is 0.687. The van der Waals surface area contributed by atoms with Crippen molar-refractivity contribution in [2.45, 2.75) is 38.3 Å². The van der Waals surface area contributed by atoms with Gasteiger partial charge in [-0.2, -0.15) is 0 Å². The van der Waals surface area contributed by atoms with Crippen LogP contribution in [0.25, 0.3) is 0 Å². The highest BCUT2D eigenvalue weighted by Gasteiger charge is 2.33. The van der Waals surface area contributed by atoms with Gasteiger partial charge < -0.3 is 10.0 Å². The van der Waals surface area contributed by atoms with Gasteiger partial charge in [-0.25, -0.2) is 0 Å². The maximum absolute atomic E-state index is 12.7. The quantitative estimate of drug-likeness (QED) is 0.920. The van der Waals surface area contributed by atoms with Crippen molar-refractivity contribution in [1.29, 1.82) is 0 Å². The highest BCUT2D eigenvalue weighted by atomic mass is 16.3. The largest absolute Gasteiger partial charge is 0.386 e. The summed E-state index contributed by atoms with van der Waals surface area (Å²) in [6, 6.07) is 19.2. The standard InChI is InChI=1S/C21H25NO2/c1-16-12-13-19(23)22(15-14-16)20(17-8-4-2-5-9-17)21(24)18-10-6-3-7-11-18/h2-11,16,20-21,24H,12-15H2,1H3/t16-,20-,21+/m1/s1. The van der Waals surface area contributed by atoms with Crippen molar-refractivity contribution >= 4 is 5.91 Å². The maximum Gasteiger partial charge on any atom is 0.223 e. The summed E-state index contributed by atoms with van der Waals surface area (Å²) in [4.78, 5) is 14.6. The van der Waals surface area contributed by atoms with E-state index in [0.717, 1.165) is 24.0 Å². The van der Waals surface area contributed by atoms with Gasteiger partial charge in [-0.1, -0.05) is 67.6 Å². The van der Waals surface area contributed by atoms with Gasteiger partial charge in [0.2, 0.25) is 5.91 Å². The van der Waals surface area contributed by atoms with Crippen LogP contribution in [-0.2, 0) is 4.79 Å². The molecule has 2 aromatic rings. The zero-order chi connectivity index (χ0) is 16.9. The second kappa shape index (κ2) is 7.63. The lowest BCUT2D eigenvalue weighted by Gasteiger charge is -2.35. The van der Waals surface area contributed by atoms with Gasteiger partial charge in [0.1, 0.15) is 6.10 Å². The third-order valence-electron chi connectivity index (χ3n) is 4.95. The van der Waals surface area contributed by atoms with Gasteiger partial charge in [0.05, 0.1) is 6.04 Å². The summed E-state index contributed by atoms with van der Waals surface area (Å²) >= 11 is 0. The molecule has 1 saturated heterocycles. The number of hydrogen-bond donors (Lipinski definition) is 1. The first kappa shape index (κ1) is 16.7. The Bertz CT molecular complexity index is 656. The molecule has 3 nitrogen and oxygen atoms in total. The Morgan fingerprint density at radius 3 is 2.17 bits per heavy atom. The normalized spacial score (nSPS) is 21.2. The minimum absolute atomic E-state index is 0.142. The van der Waals surface area contributed by atoms with Crippen molar-refractivity contribution in [1.82, 2.24) is 4.90 Å². The van der Waals surface area contributed by atoms with Crippen molar-refractivity contribution in [3.63, 3.8) is 0 Å². The van der Waals surface area contributed by atoms with Crippen LogP contribution in [0.5, 0.6) is 0 Å². The molecule has 126 valence electrons. The summed E-state index contributed by atoms with van der Waals surface area (Å²) in [7, 11) is 0. The summed E-state index contributed by atoms with van der Waals surface area (Å²) < 4.78 is 0. The molecule has 0 unspecified atom stereocenters. The molecule has 2 aromatic carbocycles. The molecular weight excluding hydrogens is 298 g/mol. The van der Waals surface area contributed by atoms with E-state index in [1.54, 1.807) is 0 Å². The molecular formula is C21H25NO2. The number of rotatable bonds is 4. The lowest BCUT2D eigenvalue weighted by molar-refractivity contribution is -0.136. The molecule has 0 bridgehead atoms. The van der Waals surface area contributed by atoms with E-state index in [-0.39, 0.29) is 11.9 Å². The Morgan fingerprint density at radius 2 is 1.54 bits per heavy atom. The van der Waals surface area contributed by atoms with Gasteiger partial charge in [-0.3, -0.25) is 4.79 Å². The predicted molar refractivity (Wildman–Crippen MR) is 95.3 cm³/mol. The van der Waals surface area contributed by atoms with Gasteiger partial charge in [0.25, 0.3) is 0 Å². The second-order valence-electron chi connectivity index (χ2n) is 6.73. The fraction of sp³-hybridized carbons (Fsp3) is 0.381. The van der Waals surface area contributed by atoms with E-state index < -0.39 is 6.10 Å². The Hall–Kier alpha value is -2.13. The molecule has 24 heavy (non-hydrogen) atoms. The third kappa shape index (κ3) is 3.68. The molecule has 0 aliphatic carbocycles. The molecule has 1 aliphatic heterocycles. The van der Waals surface area contributed by atoms with Crippen LogP contribution in [0.3, 0.4) is 0 Å². The van der Waals surface area contributed by atoms with Crippen LogP contribution in [-0.4, -0.2) is 22.5 Å². The summed E-state index contributed by atoms with van der Waals surface area (Å²) in [6.45, 7) is 2.89. The number of aliphatic hydroxyl groups is 1. The van der Waals surface area contributed by atoms with Gasteiger partial charge in [0, 0.05) is 13.0 Å². The van der Waals surface area contributed by atoms with E-state index in [1.165, 1.54) is 0 Å². The third-order valence-corrected chi connectivity index (χ3v) is 4.95. The van der Waals surface area contributed by atoms with E-state index in [0.29, 0.717) is 18.9 Å². The fourth-order valence-electron chi connectivity index (χ4n) is 3.45. The first-order valence-electron chi connectivity index (χ1n) is 8.74. The second-order valence-corrected chi connectivity index (χ2v) is 6.73. The van der Waals surface area contributed by atoms with Gasteiger partial charge >= 0.3 is 0 Å². The summed E-state index contributed by atoms with van der Waals surface area (Å²) in [5.41, 5.74) is 1.83. The van der Waals surface area contributed by atoms with Crippen molar-refractivity contribution in [2.24, 2.45) is 5.92 Å². The minimum atomic E-state index is -0.731. The number of hydrogen-bond acceptors (Lipinski definition) is 2. The average molecular weight is 323 g/mol. The molecule has 0 spiro atoms. The predicted octanol–water partition coefficient (Wildman–Crippen LogP) is 4.11. The topological polar surface area (TPSA) is 40.5 Å². The molecule has 1 aliphatic rings. The van der Waals surface area contributed by atoms with Crippen LogP contribution < -0.4 is 0 Å².